The molecule has 1 aliphatic rings. The number of rotatable bonds is 3. The Balaban J connectivity index is 1.94. The van der Waals surface area contributed by atoms with Gasteiger partial charge in [0.1, 0.15) is 5.82 Å². The molecule has 4 heteroatoms. The second-order valence-electron chi connectivity index (χ2n) is 4.10. The summed E-state index contributed by atoms with van der Waals surface area (Å²) in [6.45, 7) is 2.39. The SMILES string of the molecule is Cc1c(F)cccc1NCC1CCC(=O)N1. The minimum Gasteiger partial charge on any atom is -0.383 e. The standard InChI is InChI=1S/C12H15FN2O/c1-8-10(13)3-2-4-11(8)14-7-9-5-6-12(16)15-9/h2-4,9,14H,5-7H2,1H3,(H,15,16). The van der Waals surface area contributed by atoms with Gasteiger partial charge in [0.25, 0.3) is 0 Å². The minimum atomic E-state index is -0.208. The first-order valence-electron chi connectivity index (χ1n) is 5.45. The molecule has 2 rings (SSSR count). The molecule has 1 heterocycles. The monoisotopic (exact) mass is 222 g/mol. The number of amides is 1. The van der Waals surface area contributed by atoms with Gasteiger partial charge in [-0.1, -0.05) is 6.07 Å². The first-order chi connectivity index (χ1) is 7.66. The van der Waals surface area contributed by atoms with Gasteiger partial charge >= 0.3 is 0 Å². The Bertz CT molecular complexity index is 406. The molecule has 0 radical (unpaired) electrons. The molecule has 1 amide bonds. The van der Waals surface area contributed by atoms with Gasteiger partial charge in [0.15, 0.2) is 0 Å². The number of halogens is 1. The Morgan fingerprint density at radius 2 is 2.38 bits per heavy atom. The lowest BCUT2D eigenvalue weighted by Crippen LogP contribution is -2.31. The van der Waals surface area contributed by atoms with E-state index in [-0.39, 0.29) is 17.8 Å². The van der Waals surface area contributed by atoms with Gasteiger partial charge in [-0.05, 0) is 25.5 Å². The number of benzene rings is 1. The van der Waals surface area contributed by atoms with Crippen LogP contribution >= 0.6 is 0 Å². The summed E-state index contributed by atoms with van der Waals surface area (Å²) < 4.78 is 13.2. The highest BCUT2D eigenvalue weighted by atomic mass is 19.1. The lowest BCUT2D eigenvalue weighted by molar-refractivity contribution is -0.119. The van der Waals surface area contributed by atoms with Gasteiger partial charge in [0.2, 0.25) is 5.91 Å². The number of hydrogen-bond acceptors (Lipinski definition) is 2. The summed E-state index contributed by atoms with van der Waals surface area (Å²) in [6, 6.07) is 5.13. The van der Waals surface area contributed by atoms with Crippen molar-refractivity contribution in [3.63, 3.8) is 0 Å². The highest BCUT2D eigenvalue weighted by molar-refractivity contribution is 5.78. The van der Waals surface area contributed by atoms with E-state index in [0.717, 1.165) is 12.1 Å². The van der Waals surface area contributed by atoms with Crippen molar-refractivity contribution in [3.8, 4) is 0 Å². The van der Waals surface area contributed by atoms with E-state index in [0.29, 0.717) is 18.5 Å². The van der Waals surface area contributed by atoms with Gasteiger partial charge in [0, 0.05) is 30.3 Å². The molecule has 0 saturated carbocycles. The molecule has 0 aromatic heterocycles. The highest BCUT2D eigenvalue weighted by Crippen LogP contribution is 2.18. The maximum absolute atomic E-state index is 13.2. The summed E-state index contributed by atoms with van der Waals surface area (Å²) in [7, 11) is 0. The Hall–Kier alpha value is -1.58. The van der Waals surface area contributed by atoms with Crippen molar-refractivity contribution in [2.24, 2.45) is 0 Å². The number of carbonyl (C=O) groups excluding carboxylic acids is 1. The predicted molar refractivity (Wildman–Crippen MR) is 60.8 cm³/mol. The Kier molecular flexibility index (Phi) is 3.08. The number of carbonyl (C=O) groups is 1. The maximum atomic E-state index is 13.2. The van der Waals surface area contributed by atoms with Crippen LogP contribution in [0.4, 0.5) is 10.1 Å². The molecule has 16 heavy (non-hydrogen) atoms. The topological polar surface area (TPSA) is 41.1 Å². The third-order valence-electron chi connectivity index (χ3n) is 2.89. The third kappa shape index (κ3) is 2.32. The molecule has 0 spiro atoms. The van der Waals surface area contributed by atoms with E-state index in [1.165, 1.54) is 6.07 Å². The van der Waals surface area contributed by atoms with Crippen molar-refractivity contribution in [2.75, 3.05) is 11.9 Å². The highest BCUT2D eigenvalue weighted by Gasteiger charge is 2.20. The number of anilines is 1. The molecule has 3 nitrogen and oxygen atoms in total. The lowest BCUT2D eigenvalue weighted by atomic mass is 10.1. The van der Waals surface area contributed by atoms with Crippen LogP contribution in [0, 0.1) is 12.7 Å². The molecule has 1 atom stereocenters. The zero-order valence-electron chi connectivity index (χ0n) is 9.22. The zero-order chi connectivity index (χ0) is 11.5. The van der Waals surface area contributed by atoms with Crippen molar-refractivity contribution in [1.82, 2.24) is 5.32 Å². The zero-order valence-corrected chi connectivity index (χ0v) is 9.22. The Labute approximate surface area is 94.0 Å². The summed E-state index contributed by atoms with van der Waals surface area (Å²) in [6.07, 6.45) is 1.44. The molecule has 0 aliphatic carbocycles. The van der Waals surface area contributed by atoms with Gasteiger partial charge in [-0.3, -0.25) is 4.79 Å². The summed E-state index contributed by atoms with van der Waals surface area (Å²) in [5, 5.41) is 6.02. The van der Waals surface area contributed by atoms with E-state index in [1.54, 1.807) is 13.0 Å². The molecule has 1 saturated heterocycles. The van der Waals surface area contributed by atoms with E-state index in [9.17, 15) is 9.18 Å². The van der Waals surface area contributed by atoms with Crippen molar-refractivity contribution < 1.29 is 9.18 Å². The van der Waals surface area contributed by atoms with Crippen molar-refractivity contribution in [1.29, 1.82) is 0 Å². The van der Waals surface area contributed by atoms with E-state index in [2.05, 4.69) is 10.6 Å². The van der Waals surface area contributed by atoms with Gasteiger partial charge in [0.05, 0.1) is 0 Å². The maximum Gasteiger partial charge on any atom is 0.220 e. The predicted octanol–water partition coefficient (Wildman–Crippen LogP) is 1.82. The molecule has 1 aromatic carbocycles. The van der Waals surface area contributed by atoms with Crippen molar-refractivity contribution >= 4 is 11.6 Å². The fourth-order valence-electron chi connectivity index (χ4n) is 1.86. The average Bonchev–Trinajstić information content (AvgIpc) is 2.67. The van der Waals surface area contributed by atoms with Crippen LogP contribution in [0.2, 0.25) is 0 Å². The molecule has 1 aliphatic heterocycles. The molecule has 1 unspecified atom stereocenters. The van der Waals surface area contributed by atoms with Gasteiger partial charge in [-0.25, -0.2) is 4.39 Å². The van der Waals surface area contributed by atoms with Crippen LogP contribution in [0.25, 0.3) is 0 Å². The first-order valence-corrected chi connectivity index (χ1v) is 5.45. The largest absolute Gasteiger partial charge is 0.383 e. The van der Waals surface area contributed by atoms with Gasteiger partial charge < -0.3 is 10.6 Å². The van der Waals surface area contributed by atoms with E-state index >= 15 is 0 Å². The van der Waals surface area contributed by atoms with E-state index < -0.39 is 0 Å². The summed E-state index contributed by atoms with van der Waals surface area (Å²) in [5.41, 5.74) is 1.41. The fourth-order valence-corrected chi connectivity index (χ4v) is 1.86. The number of nitrogens with one attached hydrogen (secondary N) is 2. The Morgan fingerprint density at radius 3 is 3.06 bits per heavy atom. The van der Waals surface area contributed by atoms with Crippen molar-refractivity contribution in [2.45, 2.75) is 25.8 Å². The smallest absolute Gasteiger partial charge is 0.220 e. The summed E-state index contributed by atoms with van der Waals surface area (Å²) in [4.78, 5) is 11.0. The summed E-state index contributed by atoms with van der Waals surface area (Å²) >= 11 is 0. The Morgan fingerprint density at radius 1 is 1.56 bits per heavy atom. The van der Waals surface area contributed by atoms with Crippen LogP contribution in [0.1, 0.15) is 18.4 Å². The summed E-state index contributed by atoms with van der Waals surface area (Å²) in [5.74, 6) is -0.108. The number of hydrogen-bond donors (Lipinski definition) is 2. The molecule has 86 valence electrons. The van der Waals surface area contributed by atoms with Gasteiger partial charge in [-0.15, -0.1) is 0 Å². The second kappa shape index (κ2) is 4.51. The van der Waals surface area contributed by atoms with Crippen LogP contribution in [-0.4, -0.2) is 18.5 Å². The van der Waals surface area contributed by atoms with Crippen molar-refractivity contribution in [3.05, 3.63) is 29.6 Å². The third-order valence-corrected chi connectivity index (χ3v) is 2.89. The normalized spacial score (nSPS) is 19.6. The van der Waals surface area contributed by atoms with Gasteiger partial charge in [-0.2, -0.15) is 0 Å². The minimum absolute atomic E-state index is 0.0998. The van der Waals surface area contributed by atoms with Crippen LogP contribution in [-0.2, 0) is 4.79 Å². The molecule has 1 aromatic rings. The quantitative estimate of drug-likeness (QED) is 0.819. The second-order valence-corrected chi connectivity index (χ2v) is 4.10. The molecular weight excluding hydrogens is 207 g/mol. The molecule has 2 N–H and O–H groups in total. The first kappa shape index (κ1) is 10.9. The molecular formula is C12H15FN2O. The van der Waals surface area contributed by atoms with E-state index in [4.69, 9.17) is 0 Å². The molecule has 1 fully saturated rings. The van der Waals surface area contributed by atoms with Crippen LogP contribution in [0.3, 0.4) is 0 Å². The van der Waals surface area contributed by atoms with Crippen LogP contribution in [0.5, 0.6) is 0 Å². The average molecular weight is 222 g/mol. The lowest BCUT2D eigenvalue weighted by Gasteiger charge is -2.14. The molecule has 0 bridgehead atoms. The fraction of sp³-hybridized carbons (Fsp3) is 0.417. The van der Waals surface area contributed by atoms with Crippen LogP contribution in [0.15, 0.2) is 18.2 Å². The van der Waals surface area contributed by atoms with Crippen LogP contribution < -0.4 is 10.6 Å². The van der Waals surface area contributed by atoms with E-state index in [1.807, 2.05) is 6.07 Å².